The van der Waals surface area contributed by atoms with Crippen LogP contribution in [0.5, 0.6) is 0 Å². The summed E-state index contributed by atoms with van der Waals surface area (Å²) in [5.41, 5.74) is 2.41. The Morgan fingerprint density at radius 2 is 1.76 bits per heavy atom. The molecule has 15 heteroatoms. The number of urea groups is 1. The van der Waals surface area contributed by atoms with Gasteiger partial charge in [-0.25, -0.2) is 23.8 Å². The lowest BCUT2D eigenvalue weighted by atomic mass is 10.2. The number of nitrogens with zero attached hydrogens (tertiary/aromatic N) is 5. The second kappa shape index (κ2) is 13.0. The highest BCUT2D eigenvalue weighted by Gasteiger charge is 2.34. The highest BCUT2D eigenvalue weighted by Crippen LogP contribution is 2.31. The van der Waals surface area contributed by atoms with Crippen molar-refractivity contribution in [2.75, 3.05) is 82.8 Å². The number of nitrogens with one attached hydrogen (secondary N) is 2. The summed E-state index contributed by atoms with van der Waals surface area (Å²) in [6.45, 7) is 4.34. The summed E-state index contributed by atoms with van der Waals surface area (Å²) in [6, 6.07) is 1.74. The molecular formula is C23H33F4N7O4. The molecule has 2 N–H and O–H groups in total. The molecule has 0 spiro atoms. The van der Waals surface area contributed by atoms with E-state index in [-0.39, 0.29) is 50.1 Å². The van der Waals surface area contributed by atoms with Crippen molar-refractivity contribution in [2.24, 2.45) is 0 Å². The quantitative estimate of drug-likeness (QED) is 0.337. The first-order valence-electron chi connectivity index (χ1n) is 12.3. The van der Waals surface area contributed by atoms with Crippen molar-refractivity contribution in [2.45, 2.75) is 19.5 Å². The number of rotatable bonds is 10. The molecule has 0 saturated carbocycles. The number of hydrazine groups is 1. The average molecular weight is 548 g/mol. The number of halogens is 4. The molecule has 4 amide bonds. The molecule has 3 rings (SSSR count). The molecule has 2 fully saturated rings. The van der Waals surface area contributed by atoms with Crippen molar-refractivity contribution in [1.82, 2.24) is 25.6 Å². The second-order valence-corrected chi connectivity index (χ2v) is 8.95. The molecule has 0 aromatic heterocycles. The standard InChI is InChI=1S/C23H33F4N7O4/c1-4-31(9-10-34(28-2)22(36)32-7-5-30(3)6-8-32)19-17(24)11-15(12-18(19)25)33-14-16(38-23(33)37)13-29-21(35)20(26)27/h11-12,16,20,28H,4-10,13-14H2,1-3H3,(H,29,35)/t16-/m0/s1. The van der Waals surface area contributed by atoms with Crippen molar-refractivity contribution in [3.63, 3.8) is 0 Å². The third-order valence-electron chi connectivity index (χ3n) is 6.46. The molecular weight excluding hydrogens is 514 g/mol. The summed E-state index contributed by atoms with van der Waals surface area (Å²) in [4.78, 5) is 42.4. The van der Waals surface area contributed by atoms with Crippen LogP contribution in [0.15, 0.2) is 12.1 Å². The maximum Gasteiger partial charge on any atom is 0.414 e. The van der Waals surface area contributed by atoms with Gasteiger partial charge in [-0.1, -0.05) is 0 Å². The van der Waals surface area contributed by atoms with Gasteiger partial charge in [0.15, 0.2) is 11.6 Å². The lowest BCUT2D eigenvalue weighted by molar-refractivity contribution is -0.132. The van der Waals surface area contributed by atoms with Crippen molar-refractivity contribution < 1.29 is 36.7 Å². The first-order chi connectivity index (χ1) is 18.0. The number of piperazine rings is 1. The number of alkyl halides is 2. The molecule has 1 aromatic rings. The van der Waals surface area contributed by atoms with Gasteiger partial charge in [0.05, 0.1) is 25.3 Å². The molecule has 2 aliphatic rings. The monoisotopic (exact) mass is 547 g/mol. The maximum atomic E-state index is 15.2. The zero-order valence-electron chi connectivity index (χ0n) is 21.6. The maximum absolute atomic E-state index is 15.2. The van der Waals surface area contributed by atoms with E-state index in [4.69, 9.17) is 4.74 Å². The summed E-state index contributed by atoms with van der Waals surface area (Å²) >= 11 is 0. The number of hydrogen-bond acceptors (Lipinski definition) is 7. The van der Waals surface area contributed by atoms with Crippen LogP contribution in [-0.2, 0) is 9.53 Å². The van der Waals surface area contributed by atoms with Crippen LogP contribution in [0.25, 0.3) is 0 Å². The first kappa shape index (κ1) is 29.2. The van der Waals surface area contributed by atoms with Gasteiger partial charge in [0.2, 0.25) is 0 Å². The number of carbonyl (C=O) groups excluding carboxylic acids is 3. The Morgan fingerprint density at radius 1 is 1.13 bits per heavy atom. The average Bonchev–Trinajstić information content (AvgIpc) is 3.26. The minimum atomic E-state index is -3.22. The van der Waals surface area contributed by atoms with E-state index in [0.29, 0.717) is 13.1 Å². The van der Waals surface area contributed by atoms with Crippen LogP contribution in [0.1, 0.15) is 6.92 Å². The van der Waals surface area contributed by atoms with E-state index in [0.717, 1.165) is 30.1 Å². The lowest BCUT2D eigenvalue weighted by Gasteiger charge is -2.36. The molecule has 2 heterocycles. The largest absolute Gasteiger partial charge is 0.442 e. The Hall–Kier alpha value is -3.33. The molecule has 1 aromatic carbocycles. The third-order valence-corrected chi connectivity index (χ3v) is 6.46. The number of likely N-dealkylation sites (N-methyl/N-ethyl adjacent to an activating group) is 2. The van der Waals surface area contributed by atoms with Crippen LogP contribution in [0, 0.1) is 11.6 Å². The third kappa shape index (κ3) is 6.95. The number of ether oxygens (including phenoxy) is 1. The molecule has 0 bridgehead atoms. The van der Waals surface area contributed by atoms with Gasteiger partial charge in [0, 0.05) is 58.4 Å². The van der Waals surface area contributed by atoms with Gasteiger partial charge in [-0.05, 0) is 14.0 Å². The number of cyclic esters (lactones) is 1. The minimum absolute atomic E-state index is 0.116. The van der Waals surface area contributed by atoms with Gasteiger partial charge in [-0.2, -0.15) is 8.78 Å². The number of benzene rings is 1. The van der Waals surface area contributed by atoms with E-state index >= 15 is 8.78 Å². The summed E-state index contributed by atoms with van der Waals surface area (Å²) in [5, 5.41) is 3.34. The highest BCUT2D eigenvalue weighted by molar-refractivity contribution is 5.90. The second-order valence-electron chi connectivity index (χ2n) is 8.95. The fourth-order valence-electron chi connectivity index (χ4n) is 4.26. The Labute approximate surface area is 218 Å². The minimum Gasteiger partial charge on any atom is -0.442 e. The van der Waals surface area contributed by atoms with Gasteiger partial charge in [0.1, 0.15) is 11.8 Å². The lowest BCUT2D eigenvalue weighted by Crippen LogP contribution is -2.56. The Kier molecular flexibility index (Phi) is 9.96. The Balaban J connectivity index is 1.65. The van der Waals surface area contributed by atoms with E-state index in [1.54, 1.807) is 18.9 Å². The Morgan fingerprint density at radius 3 is 2.32 bits per heavy atom. The van der Waals surface area contributed by atoms with Crippen molar-refractivity contribution in [3.05, 3.63) is 23.8 Å². The fraction of sp³-hybridized carbons (Fsp3) is 0.609. The molecule has 38 heavy (non-hydrogen) atoms. The topological polar surface area (TPSA) is 101 Å². The van der Waals surface area contributed by atoms with Crippen LogP contribution in [0.3, 0.4) is 0 Å². The zero-order valence-corrected chi connectivity index (χ0v) is 21.6. The highest BCUT2D eigenvalue weighted by atomic mass is 19.3. The molecule has 0 aliphatic carbocycles. The van der Waals surface area contributed by atoms with Crippen molar-refractivity contribution in [1.29, 1.82) is 0 Å². The van der Waals surface area contributed by atoms with Gasteiger partial charge in [-0.15, -0.1) is 0 Å². The number of amides is 4. The van der Waals surface area contributed by atoms with E-state index in [1.165, 1.54) is 9.91 Å². The fourth-order valence-corrected chi connectivity index (χ4v) is 4.26. The van der Waals surface area contributed by atoms with Gasteiger partial charge in [0.25, 0.3) is 5.91 Å². The van der Waals surface area contributed by atoms with Gasteiger partial charge >= 0.3 is 18.5 Å². The number of carbonyl (C=O) groups is 3. The normalized spacial score (nSPS) is 18.1. The number of hydrogen-bond donors (Lipinski definition) is 2. The SMILES string of the molecule is CCN(CCN(NC)C(=O)N1CCN(C)CC1)c1c(F)cc(N2C[C@H](CNC(=O)C(F)F)OC2=O)cc1F. The predicted octanol–water partition coefficient (Wildman–Crippen LogP) is 1.30. The molecule has 2 aliphatic heterocycles. The van der Waals surface area contributed by atoms with E-state index < -0.39 is 36.2 Å². The summed E-state index contributed by atoms with van der Waals surface area (Å²) < 4.78 is 60.0. The van der Waals surface area contributed by atoms with Crippen LogP contribution in [-0.4, -0.2) is 118 Å². The van der Waals surface area contributed by atoms with E-state index in [9.17, 15) is 23.2 Å². The van der Waals surface area contributed by atoms with Crippen molar-refractivity contribution >= 4 is 29.4 Å². The smallest absolute Gasteiger partial charge is 0.414 e. The summed E-state index contributed by atoms with van der Waals surface area (Å²) in [7, 11) is 3.58. The molecule has 1 atom stereocenters. The molecule has 0 unspecified atom stereocenters. The van der Waals surface area contributed by atoms with E-state index in [1.807, 2.05) is 12.4 Å². The van der Waals surface area contributed by atoms with Crippen LogP contribution in [0.4, 0.5) is 38.5 Å². The van der Waals surface area contributed by atoms with Gasteiger partial charge in [-0.3, -0.25) is 14.7 Å². The molecule has 2 saturated heterocycles. The summed E-state index contributed by atoms with van der Waals surface area (Å²) in [5.74, 6) is -3.36. The number of anilines is 2. The van der Waals surface area contributed by atoms with Crippen LogP contribution >= 0.6 is 0 Å². The summed E-state index contributed by atoms with van der Waals surface area (Å²) in [6.07, 6.45) is -5.11. The Bertz CT molecular complexity index is 987. The molecule has 0 radical (unpaired) electrons. The molecule has 212 valence electrons. The zero-order chi connectivity index (χ0) is 28.0. The van der Waals surface area contributed by atoms with Crippen LogP contribution < -0.4 is 20.5 Å². The predicted molar refractivity (Wildman–Crippen MR) is 131 cm³/mol. The van der Waals surface area contributed by atoms with Crippen LogP contribution in [0.2, 0.25) is 0 Å². The molecule has 11 nitrogen and oxygen atoms in total. The van der Waals surface area contributed by atoms with E-state index in [2.05, 4.69) is 10.3 Å². The van der Waals surface area contributed by atoms with Crippen molar-refractivity contribution in [3.8, 4) is 0 Å². The van der Waals surface area contributed by atoms with Gasteiger partial charge < -0.3 is 24.8 Å². The first-order valence-corrected chi connectivity index (χ1v) is 12.3.